The van der Waals surface area contributed by atoms with Crippen molar-refractivity contribution in [2.24, 2.45) is 11.8 Å². The summed E-state index contributed by atoms with van der Waals surface area (Å²) in [4.78, 5) is 11.9. The SMILES string of the molecule is Cc1ccc(CNC(=O)CNC2CCCC(C)C2C)cc1F. The smallest absolute Gasteiger partial charge is 0.234 e. The normalized spacial score (nSPS) is 25.0. The zero-order valence-corrected chi connectivity index (χ0v) is 13.8. The van der Waals surface area contributed by atoms with Crippen LogP contribution in [0.1, 0.15) is 44.2 Å². The molecule has 22 heavy (non-hydrogen) atoms. The van der Waals surface area contributed by atoms with Gasteiger partial charge in [0.25, 0.3) is 0 Å². The van der Waals surface area contributed by atoms with Gasteiger partial charge in [0.05, 0.1) is 6.54 Å². The summed E-state index contributed by atoms with van der Waals surface area (Å²) in [5.41, 5.74) is 1.41. The Balaban J connectivity index is 1.74. The first-order valence-corrected chi connectivity index (χ1v) is 8.22. The van der Waals surface area contributed by atoms with Crippen LogP contribution in [0.15, 0.2) is 18.2 Å². The number of benzene rings is 1. The van der Waals surface area contributed by atoms with Crippen molar-refractivity contribution in [2.45, 2.75) is 52.6 Å². The van der Waals surface area contributed by atoms with E-state index < -0.39 is 0 Å². The molecule has 1 aromatic carbocycles. The van der Waals surface area contributed by atoms with Gasteiger partial charge in [0.1, 0.15) is 5.82 Å². The van der Waals surface area contributed by atoms with Gasteiger partial charge in [-0.1, -0.05) is 38.8 Å². The highest BCUT2D eigenvalue weighted by atomic mass is 19.1. The molecule has 0 heterocycles. The van der Waals surface area contributed by atoms with Crippen molar-refractivity contribution < 1.29 is 9.18 Å². The summed E-state index contributed by atoms with van der Waals surface area (Å²) in [6.07, 6.45) is 3.65. The van der Waals surface area contributed by atoms with Crippen LogP contribution in [0.3, 0.4) is 0 Å². The van der Waals surface area contributed by atoms with E-state index in [9.17, 15) is 9.18 Å². The Morgan fingerprint density at radius 1 is 1.32 bits per heavy atom. The molecule has 3 nitrogen and oxygen atoms in total. The molecule has 4 heteroatoms. The number of nitrogens with one attached hydrogen (secondary N) is 2. The number of hydrogen-bond donors (Lipinski definition) is 2. The van der Waals surface area contributed by atoms with Crippen LogP contribution < -0.4 is 10.6 Å². The number of carbonyl (C=O) groups is 1. The van der Waals surface area contributed by atoms with Crippen LogP contribution in [0.5, 0.6) is 0 Å². The van der Waals surface area contributed by atoms with Crippen molar-refractivity contribution >= 4 is 5.91 Å². The molecule has 0 aromatic heterocycles. The zero-order valence-electron chi connectivity index (χ0n) is 13.8. The Morgan fingerprint density at radius 2 is 2.09 bits per heavy atom. The lowest BCUT2D eigenvalue weighted by Crippen LogP contribution is -2.45. The topological polar surface area (TPSA) is 41.1 Å². The summed E-state index contributed by atoms with van der Waals surface area (Å²) in [5, 5.41) is 6.22. The fourth-order valence-corrected chi connectivity index (χ4v) is 3.10. The molecular weight excluding hydrogens is 279 g/mol. The predicted molar refractivity (Wildman–Crippen MR) is 87.0 cm³/mol. The fraction of sp³-hybridized carbons (Fsp3) is 0.611. The van der Waals surface area contributed by atoms with Crippen LogP contribution >= 0.6 is 0 Å². The first kappa shape index (κ1) is 16.9. The Labute approximate surface area is 132 Å². The summed E-state index contributed by atoms with van der Waals surface area (Å²) in [7, 11) is 0. The quantitative estimate of drug-likeness (QED) is 0.877. The third kappa shape index (κ3) is 4.54. The average molecular weight is 306 g/mol. The van der Waals surface area contributed by atoms with Gasteiger partial charge in [0, 0.05) is 12.6 Å². The Morgan fingerprint density at radius 3 is 2.82 bits per heavy atom. The van der Waals surface area contributed by atoms with E-state index in [-0.39, 0.29) is 11.7 Å². The molecule has 1 aliphatic rings. The Kier molecular flexibility index (Phi) is 5.95. The minimum absolute atomic E-state index is 0.0357. The molecule has 0 saturated heterocycles. The van der Waals surface area contributed by atoms with E-state index in [1.54, 1.807) is 13.0 Å². The molecule has 3 unspecified atom stereocenters. The summed E-state index contributed by atoms with van der Waals surface area (Å²) < 4.78 is 13.4. The molecule has 122 valence electrons. The van der Waals surface area contributed by atoms with E-state index in [4.69, 9.17) is 0 Å². The second-order valence-electron chi connectivity index (χ2n) is 6.61. The maximum Gasteiger partial charge on any atom is 0.234 e. The Hall–Kier alpha value is -1.42. The maximum absolute atomic E-state index is 13.4. The molecule has 0 bridgehead atoms. The van der Waals surface area contributed by atoms with Crippen LogP contribution in [0.2, 0.25) is 0 Å². The lowest BCUT2D eigenvalue weighted by molar-refractivity contribution is -0.120. The van der Waals surface area contributed by atoms with Gasteiger partial charge in [-0.15, -0.1) is 0 Å². The summed E-state index contributed by atoms with van der Waals surface area (Å²) in [6, 6.07) is 5.48. The molecule has 0 spiro atoms. The highest BCUT2D eigenvalue weighted by Gasteiger charge is 2.26. The van der Waals surface area contributed by atoms with E-state index in [1.807, 2.05) is 6.07 Å². The fourth-order valence-electron chi connectivity index (χ4n) is 3.10. The second kappa shape index (κ2) is 7.73. The predicted octanol–water partition coefficient (Wildman–Crippen LogP) is 3.16. The summed E-state index contributed by atoms with van der Waals surface area (Å²) in [6.45, 7) is 6.97. The molecule has 0 radical (unpaired) electrons. The largest absolute Gasteiger partial charge is 0.351 e. The summed E-state index contributed by atoms with van der Waals surface area (Å²) >= 11 is 0. The number of rotatable bonds is 5. The van der Waals surface area contributed by atoms with E-state index >= 15 is 0 Å². The minimum Gasteiger partial charge on any atom is -0.351 e. The Bertz CT molecular complexity index is 518. The molecule has 1 fully saturated rings. The molecule has 1 aromatic rings. The van der Waals surface area contributed by atoms with Gasteiger partial charge in [0.2, 0.25) is 5.91 Å². The number of halogens is 1. The van der Waals surface area contributed by atoms with Crippen molar-refractivity contribution in [1.82, 2.24) is 10.6 Å². The van der Waals surface area contributed by atoms with Crippen molar-refractivity contribution in [3.05, 3.63) is 35.1 Å². The molecule has 1 amide bonds. The lowest BCUT2D eigenvalue weighted by atomic mass is 9.78. The van der Waals surface area contributed by atoms with Gasteiger partial charge >= 0.3 is 0 Å². The minimum atomic E-state index is -0.227. The first-order valence-electron chi connectivity index (χ1n) is 8.22. The molecular formula is C18H27FN2O. The van der Waals surface area contributed by atoms with Gasteiger partial charge in [-0.3, -0.25) is 4.79 Å². The number of hydrogen-bond acceptors (Lipinski definition) is 2. The van der Waals surface area contributed by atoms with Crippen LogP contribution in [0.25, 0.3) is 0 Å². The van der Waals surface area contributed by atoms with Crippen LogP contribution in [-0.2, 0) is 11.3 Å². The van der Waals surface area contributed by atoms with Crippen molar-refractivity contribution in [3.8, 4) is 0 Å². The lowest BCUT2D eigenvalue weighted by Gasteiger charge is -2.34. The van der Waals surface area contributed by atoms with Gasteiger partial charge in [-0.05, 0) is 42.4 Å². The average Bonchev–Trinajstić information content (AvgIpc) is 2.50. The molecule has 3 atom stereocenters. The van der Waals surface area contributed by atoms with Gasteiger partial charge in [0.15, 0.2) is 0 Å². The van der Waals surface area contributed by atoms with Crippen LogP contribution in [-0.4, -0.2) is 18.5 Å². The van der Waals surface area contributed by atoms with Crippen molar-refractivity contribution in [3.63, 3.8) is 0 Å². The van der Waals surface area contributed by atoms with Gasteiger partial charge in [-0.25, -0.2) is 4.39 Å². The molecule has 1 aliphatic carbocycles. The highest BCUT2D eigenvalue weighted by Crippen LogP contribution is 2.29. The van der Waals surface area contributed by atoms with E-state index in [1.165, 1.54) is 18.9 Å². The molecule has 0 aliphatic heterocycles. The first-order chi connectivity index (χ1) is 10.5. The molecule has 1 saturated carbocycles. The van der Waals surface area contributed by atoms with Crippen molar-refractivity contribution in [1.29, 1.82) is 0 Å². The maximum atomic E-state index is 13.4. The summed E-state index contributed by atoms with van der Waals surface area (Å²) in [5.74, 6) is 1.05. The van der Waals surface area contributed by atoms with Gasteiger partial charge in [-0.2, -0.15) is 0 Å². The standard InChI is InChI=1S/C18H27FN2O/c1-12-5-4-6-17(14(12)3)20-11-18(22)21-10-15-8-7-13(2)16(19)9-15/h7-9,12,14,17,20H,4-6,10-11H2,1-3H3,(H,21,22). The van der Waals surface area contributed by atoms with E-state index in [2.05, 4.69) is 24.5 Å². The van der Waals surface area contributed by atoms with E-state index in [0.717, 1.165) is 12.0 Å². The number of carbonyl (C=O) groups excluding carboxylic acids is 1. The van der Waals surface area contributed by atoms with Crippen LogP contribution in [0.4, 0.5) is 4.39 Å². The van der Waals surface area contributed by atoms with Crippen molar-refractivity contribution in [2.75, 3.05) is 6.54 Å². The number of aryl methyl sites for hydroxylation is 1. The monoisotopic (exact) mass is 306 g/mol. The third-order valence-corrected chi connectivity index (χ3v) is 4.96. The second-order valence-corrected chi connectivity index (χ2v) is 6.61. The van der Waals surface area contributed by atoms with E-state index in [0.29, 0.717) is 36.5 Å². The number of amides is 1. The van der Waals surface area contributed by atoms with Gasteiger partial charge < -0.3 is 10.6 Å². The van der Waals surface area contributed by atoms with Crippen LogP contribution in [0, 0.1) is 24.6 Å². The highest BCUT2D eigenvalue weighted by molar-refractivity contribution is 5.78. The molecule has 2 N–H and O–H groups in total. The zero-order chi connectivity index (χ0) is 16.1. The molecule has 2 rings (SSSR count). The third-order valence-electron chi connectivity index (χ3n) is 4.96.